The molecule has 1 aliphatic heterocycles. The normalized spacial score (nSPS) is 18.1. The van der Waals surface area contributed by atoms with Gasteiger partial charge < -0.3 is 9.64 Å². The fourth-order valence-corrected chi connectivity index (χ4v) is 2.97. The van der Waals surface area contributed by atoms with Gasteiger partial charge in [0, 0.05) is 24.6 Å². The van der Waals surface area contributed by atoms with Crippen LogP contribution in [0.4, 0.5) is 4.79 Å². The van der Waals surface area contributed by atoms with Crippen LogP contribution in [0.15, 0.2) is 18.2 Å². The number of hydrogen-bond acceptors (Lipinski definition) is 3. The molecular formula is C19H27NO3. The highest BCUT2D eigenvalue weighted by molar-refractivity contribution is 5.98. The number of hydrogen-bond donors (Lipinski definition) is 0. The molecular weight excluding hydrogens is 290 g/mol. The van der Waals surface area contributed by atoms with E-state index in [4.69, 9.17) is 4.74 Å². The molecule has 0 saturated carbocycles. The Labute approximate surface area is 138 Å². The Morgan fingerprint density at radius 1 is 1.26 bits per heavy atom. The van der Waals surface area contributed by atoms with Crippen LogP contribution >= 0.6 is 0 Å². The SMILES string of the molecule is Cc1ccc(C)c(C(=O)CC2CCCN2C(=O)OC(C)(C)C)c1. The van der Waals surface area contributed by atoms with Gasteiger partial charge in [-0.1, -0.05) is 17.7 Å². The summed E-state index contributed by atoms with van der Waals surface area (Å²) in [6.07, 6.45) is 1.83. The van der Waals surface area contributed by atoms with E-state index in [2.05, 4.69) is 0 Å². The molecule has 0 spiro atoms. The summed E-state index contributed by atoms with van der Waals surface area (Å²) in [4.78, 5) is 26.7. The fraction of sp³-hybridized carbons (Fsp3) is 0.579. The van der Waals surface area contributed by atoms with E-state index >= 15 is 0 Å². The zero-order valence-electron chi connectivity index (χ0n) is 14.8. The number of carbonyl (C=O) groups excluding carboxylic acids is 2. The van der Waals surface area contributed by atoms with Crippen molar-refractivity contribution in [3.8, 4) is 0 Å². The van der Waals surface area contributed by atoms with Gasteiger partial charge in [0.2, 0.25) is 0 Å². The first-order chi connectivity index (χ1) is 10.7. The van der Waals surface area contributed by atoms with E-state index in [0.29, 0.717) is 13.0 Å². The highest BCUT2D eigenvalue weighted by atomic mass is 16.6. The lowest BCUT2D eigenvalue weighted by molar-refractivity contribution is 0.0223. The van der Waals surface area contributed by atoms with Gasteiger partial charge in [-0.25, -0.2) is 4.79 Å². The first kappa shape index (κ1) is 17.5. The predicted molar refractivity (Wildman–Crippen MR) is 90.8 cm³/mol. The zero-order valence-corrected chi connectivity index (χ0v) is 14.8. The number of Topliss-reactive ketones (excluding diaryl/α,β-unsaturated/α-hetero) is 1. The quantitative estimate of drug-likeness (QED) is 0.782. The molecule has 0 radical (unpaired) electrons. The molecule has 0 N–H and O–H groups in total. The number of amides is 1. The Kier molecular flexibility index (Phi) is 5.12. The second-order valence-electron chi connectivity index (χ2n) is 7.42. The lowest BCUT2D eigenvalue weighted by atomic mass is 9.97. The molecule has 4 heteroatoms. The van der Waals surface area contributed by atoms with E-state index in [9.17, 15) is 9.59 Å². The van der Waals surface area contributed by atoms with Crippen LogP contribution in [-0.4, -0.2) is 35.0 Å². The maximum Gasteiger partial charge on any atom is 0.410 e. The Morgan fingerprint density at radius 3 is 2.61 bits per heavy atom. The number of ketones is 1. The number of ether oxygens (including phenoxy) is 1. The number of benzene rings is 1. The topological polar surface area (TPSA) is 46.6 Å². The number of rotatable bonds is 3. The van der Waals surface area contributed by atoms with Gasteiger partial charge >= 0.3 is 6.09 Å². The van der Waals surface area contributed by atoms with E-state index in [1.54, 1.807) is 4.90 Å². The molecule has 1 aromatic carbocycles. The highest BCUT2D eigenvalue weighted by Gasteiger charge is 2.33. The highest BCUT2D eigenvalue weighted by Crippen LogP contribution is 2.25. The van der Waals surface area contributed by atoms with Crippen LogP contribution in [0.1, 0.15) is 61.5 Å². The van der Waals surface area contributed by atoms with Gasteiger partial charge in [0.25, 0.3) is 0 Å². The molecule has 1 heterocycles. The van der Waals surface area contributed by atoms with Crippen LogP contribution in [0.3, 0.4) is 0 Å². The van der Waals surface area contributed by atoms with E-state index in [1.165, 1.54) is 0 Å². The van der Waals surface area contributed by atoms with Gasteiger partial charge in [-0.2, -0.15) is 0 Å². The minimum Gasteiger partial charge on any atom is -0.444 e. The predicted octanol–water partition coefficient (Wildman–Crippen LogP) is 4.28. The standard InChI is InChI=1S/C19H27NO3/c1-13-8-9-14(2)16(11-13)17(21)12-15-7-6-10-20(15)18(22)23-19(3,4)5/h8-9,11,15H,6-7,10,12H2,1-5H3. The molecule has 1 aliphatic rings. The Hall–Kier alpha value is -1.84. The van der Waals surface area contributed by atoms with Crippen LogP contribution in [0.5, 0.6) is 0 Å². The molecule has 4 nitrogen and oxygen atoms in total. The Balaban J connectivity index is 2.07. The van der Waals surface area contributed by atoms with Crippen molar-refractivity contribution in [3.63, 3.8) is 0 Å². The summed E-state index contributed by atoms with van der Waals surface area (Å²) in [5.74, 6) is 0.103. The molecule has 23 heavy (non-hydrogen) atoms. The van der Waals surface area contributed by atoms with E-state index in [-0.39, 0.29) is 17.9 Å². The molecule has 1 saturated heterocycles. The van der Waals surface area contributed by atoms with Crippen molar-refractivity contribution in [3.05, 3.63) is 34.9 Å². The summed E-state index contributed by atoms with van der Waals surface area (Å²) in [6, 6.07) is 5.86. The van der Waals surface area contributed by atoms with E-state index < -0.39 is 5.60 Å². The average Bonchev–Trinajstić information content (AvgIpc) is 2.87. The third-order valence-electron chi connectivity index (χ3n) is 4.12. The summed E-state index contributed by atoms with van der Waals surface area (Å²) in [6.45, 7) is 10.2. The smallest absolute Gasteiger partial charge is 0.410 e. The van der Waals surface area contributed by atoms with Gasteiger partial charge in [-0.15, -0.1) is 0 Å². The minimum atomic E-state index is -0.513. The van der Waals surface area contributed by atoms with Gasteiger partial charge in [0.1, 0.15) is 5.60 Å². The molecule has 0 aliphatic carbocycles. The van der Waals surface area contributed by atoms with Crippen molar-refractivity contribution in [2.24, 2.45) is 0 Å². The molecule has 0 aromatic heterocycles. The Bertz CT molecular complexity index is 601. The van der Waals surface area contributed by atoms with Crippen molar-refractivity contribution in [2.75, 3.05) is 6.54 Å². The molecule has 0 bridgehead atoms. The van der Waals surface area contributed by atoms with Crippen LogP contribution in [0.2, 0.25) is 0 Å². The van der Waals surface area contributed by atoms with Crippen LogP contribution in [0, 0.1) is 13.8 Å². The molecule has 2 rings (SSSR count). The molecule has 1 atom stereocenters. The summed E-state index contributed by atoms with van der Waals surface area (Å²) in [5.41, 5.74) is 2.32. The average molecular weight is 317 g/mol. The van der Waals surface area contributed by atoms with Crippen molar-refractivity contribution in [1.29, 1.82) is 0 Å². The monoisotopic (exact) mass is 317 g/mol. The largest absolute Gasteiger partial charge is 0.444 e. The number of carbonyl (C=O) groups is 2. The fourth-order valence-electron chi connectivity index (χ4n) is 2.97. The van der Waals surface area contributed by atoms with Crippen LogP contribution < -0.4 is 0 Å². The van der Waals surface area contributed by atoms with Gasteiger partial charge in [0.05, 0.1) is 0 Å². The van der Waals surface area contributed by atoms with Crippen LogP contribution in [-0.2, 0) is 4.74 Å². The first-order valence-corrected chi connectivity index (χ1v) is 8.27. The number of aryl methyl sites for hydroxylation is 2. The molecule has 1 amide bonds. The van der Waals surface area contributed by atoms with Crippen molar-refractivity contribution in [2.45, 2.75) is 65.5 Å². The first-order valence-electron chi connectivity index (χ1n) is 8.27. The summed E-state index contributed by atoms with van der Waals surface area (Å²) >= 11 is 0. The van der Waals surface area contributed by atoms with Gasteiger partial charge in [-0.3, -0.25) is 4.79 Å². The molecule has 1 aromatic rings. The maximum atomic E-state index is 12.6. The summed E-state index contributed by atoms with van der Waals surface area (Å²) in [7, 11) is 0. The zero-order chi connectivity index (χ0) is 17.2. The third-order valence-corrected chi connectivity index (χ3v) is 4.12. The molecule has 126 valence electrons. The third kappa shape index (κ3) is 4.57. The minimum absolute atomic E-state index is 0.0581. The lowest BCUT2D eigenvalue weighted by Gasteiger charge is -2.28. The Morgan fingerprint density at radius 2 is 1.96 bits per heavy atom. The second kappa shape index (κ2) is 6.73. The number of likely N-dealkylation sites (tertiary alicyclic amines) is 1. The maximum absolute atomic E-state index is 12.6. The van der Waals surface area contributed by atoms with Crippen molar-refractivity contribution in [1.82, 2.24) is 4.90 Å². The van der Waals surface area contributed by atoms with Gasteiger partial charge in [-0.05, 0) is 59.1 Å². The summed E-state index contributed by atoms with van der Waals surface area (Å²) in [5, 5.41) is 0. The van der Waals surface area contributed by atoms with Crippen molar-refractivity contribution >= 4 is 11.9 Å². The second-order valence-corrected chi connectivity index (χ2v) is 7.42. The van der Waals surface area contributed by atoms with Crippen molar-refractivity contribution < 1.29 is 14.3 Å². The lowest BCUT2D eigenvalue weighted by Crippen LogP contribution is -2.40. The number of nitrogens with zero attached hydrogens (tertiary/aromatic N) is 1. The molecule has 1 fully saturated rings. The van der Waals surface area contributed by atoms with Gasteiger partial charge in [0.15, 0.2) is 5.78 Å². The van der Waals surface area contributed by atoms with E-state index in [0.717, 1.165) is 29.5 Å². The van der Waals surface area contributed by atoms with Crippen LogP contribution in [0.25, 0.3) is 0 Å². The van der Waals surface area contributed by atoms with E-state index in [1.807, 2.05) is 52.8 Å². The molecule has 1 unspecified atom stereocenters. The summed E-state index contributed by atoms with van der Waals surface area (Å²) < 4.78 is 5.46.